The second-order valence-electron chi connectivity index (χ2n) is 7.34. The van der Waals surface area contributed by atoms with Crippen molar-refractivity contribution in [2.24, 2.45) is 4.99 Å². The van der Waals surface area contributed by atoms with Crippen LogP contribution in [0.5, 0.6) is 0 Å². The van der Waals surface area contributed by atoms with Gasteiger partial charge in [0, 0.05) is 32.1 Å². The summed E-state index contributed by atoms with van der Waals surface area (Å²) in [5.74, 6) is 1.14. The van der Waals surface area contributed by atoms with Crippen LogP contribution >= 0.6 is 35.3 Å². The molecule has 0 bridgehead atoms. The van der Waals surface area contributed by atoms with Crippen LogP contribution in [0, 0.1) is 0 Å². The second kappa shape index (κ2) is 12.4. The molecular weight excluding hydrogens is 477 g/mol. The zero-order valence-electron chi connectivity index (χ0n) is 17.5. The Morgan fingerprint density at radius 2 is 2.04 bits per heavy atom. The predicted molar refractivity (Wildman–Crippen MR) is 123 cm³/mol. The van der Waals surface area contributed by atoms with Gasteiger partial charge < -0.3 is 20.3 Å². The van der Waals surface area contributed by atoms with E-state index in [0.717, 1.165) is 17.2 Å². The highest BCUT2D eigenvalue weighted by Crippen LogP contribution is 2.18. The largest absolute Gasteiger partial charge is 0.444 e. The summed E-state index contributed by atoms with van der Waals surface area (Å²) in [5, 5.41) is 9.53. The number of hydrogen-bond acceptors (Lipinski definition) is 5. The van der Waals surface area contributed by atoms with Crippen molar-refractivity contribution < 1.29 is 9.53 Å². The number of thiazole rings is 1. The van der Waals surface area contributed by atoms with Crippen LogP contribution in [-0.2, 0) is 11.3 Å². The third-order valence-electron chi connectivity index (χ3n) is 3.32. The molecule has 2 N–H and O–H groups in total. The first-order valence-corrected chi connectivity index (χ1v) is 9.91. The van der Waals surface area contributed by atoms with Crippen molar-refractivity contribution >= 4 is 47.4 Å². The lowest BCUT2D eigenvalue weighted by Crippen LogP contribution is -2.43. The number of nitrogens with zero attached hydrogens (tertiary/aromatic N) is 3. The molecule has 27 heavy (non-hydrogen) atoms. The van der Waals surface area contributed by atoms with Crippen molar-refractivity contribution in [3.63, 3.8) is 0 Å². The molecule has 0 aliphatic carbocycles. The monoisotopic (exact) mass is 511 g/mol. The summed E-state index contributed by atoms with van der Waals surface area (Å²) in [7, 11) is 1.73. The molecule has 0 radical (unpaired) electrons. The molecule has 7 nitrogen and oxygen atoms in total. The second-order valence-corrected chi connectivity index (χ2v) is 8.29. The van der Waals surface area contributed by atoms with Crippen molar-refractivity contribution in [1.29, 1.82) is 0 Å². The molecule has 0 saturated carbocycles. The number of carbonyl (C=O) groups excluding carboxylic acids is 1. The number of carbonyl (C=O) groups is 1. The van der Waals surface area contributed by atoms with E-state index in [1.807, 2.05) is 27.7 Å². The van der Waals surface area contributed by atoms with E-state index in [4.69, 9.17) is 4.74 Å². The van der Waals surface area contributed by atoms with Gasteiger partial charge >= 0.3 is 6.09 Å². The van der Waals surface area contributed by atoms with Gasteiger partial charge in [0.25, 0.3) is 0 Å². The van der Waals surface area contributed by atoms with E-state index in [-0.39, 0.29) is 30.1 Å². The Morgan fingerprint density at radius 1 is 1.37 bits per heavy atom. The molecule has 0 saturated heterocycles. The summed E-state index contributed by atoms with van der Waals surface area (Å²) in [6.07, 6.45) is -0.328. The van der Waals surface area contributed by atoms with Crippen LogP contribution in [0.25, 0.3) is 0 Å². The van der Waals surface area contributed by atoms with Gasteiger partial charge in [0.2, 0.25) is 0 Å². The molecule has 1 amide bonds. The molecule has 0 spiro atoms. The average molecular weight is 511 g/mol. The fraction of sp³-hybridized carbons (Fsp3) is 0.722. The fourth-order valence-corrected chi connectivity index (χ4v) is 2.80. The van der Waals surface area contributed by atoms with E-state index in [2.05, 4.69) is 39.8 Å². The minimum absolute atomic E-state index is 0. The maximum absolute atomic E-state index is 12.0. The number of rotatable bonds is 7. The van der Waals surface area contributed by atoms with Gasteiger partial charge in [0.15, 0.2) is 5.96 Å². The fourth-order valence-electron chi connectivity index (χ4n) is 1.92. The highest BCUT2D eigenvalue weighted by molar-refractivity contribution is 14.0. The minimum Gasteiger partial charge on any atom is -0.444 e. The first kappa shape index (κ1) is 25.9. The molecule has 156 valence electrons. The van der Waals surface area contributed by atoms with E-state index in [9.17, 15) is 4.79 Å². The number of amides is 1. The number of guanidine groups is 1. The number of aromatic nitrogens is 1. The van der Waals surface area contributed by atoms with Gasteiger partial charge in [-0.25, -0.2) is 14.8 Å². The number of hydrogen-bond donors (Lipinski definition) is 2. The normalized spacial score (nSPS) is 11.8. The van der Waals surface area contributed by atoms with Crippen LogP contribution in [-0.4, -0.2) is 54.2 Å². The smallest absolute Gasteiger partial charge is 0.410 e. The number of likely N-dealkylation sites (N-methyl/N-ethyl adjacent to an activating group) is 1. The van der Waals surface area contributed by atoms with Gasteiger partial charge in [-0.1, -0.05) is 13.8 Å². The van der Waals surface area contributed by atoms with E-state index < -0.39 is 5.60 Å². The summed E-state index contributed by atoms with van der Waals surface area (Å²) < 4.78 is 5.34. The molecule has 1 aromatic rings. The summed E-state index contributed by atoms with van der Waals surface area (Å²) in [6, 6.07) is 0. The van der Waals surface area contributed by atoms with Crippen LogP contribution < -0.4 is 10.6 Å². The lowest BCUT2D eigenvalue weighted by Gasteiger charge is -2.24. The third kappa shape index (κ3) is 10.7. The van der Waals surface area contributed by atoms with E-state index >= 15 is 0 Å². The van der Waals surface area contributed by atoms with E-state index in [1.54, 1.807) is 23.3 Å². The lowest BCUT2D eigenvalue weighted by molar-refractivity contribution is 0.0302. The number of halogens is 1. The Kier molecular flexibility index (Phi) is 11.9. The predicted octanol–water partition coefficient (Wildman–Crippen LogP) is 3.81. The Labute approximate surface area is 184 Å². The van der Waals surface area contributed by atoms with Gasteiger partial charge in [0.05, 0.1) is 12.2 Å². The van der Waals surface area contributed by atoms with Gasteiger partial charge in [-0.2, -0.15) is 0 Å². The lowest BCUT2D eigenvalue weighted by atomic mass is 10.2. The molecule has 1 heterocycles. The van der Waals surface area contributed by atoms with Gasteiger partial charge in [-0.15, -0.1) is 35.3 Å². The van der Waals surface area contributed by atoms with Crippen LogP contribution in [0.4, 0.5) is 4.79 Å². The summed E-state index contributed by atoms with van der Waals surface area (Å²) in [5.41, 5.74) is 0.620. The number of aliphatic imine (C=N–C) groups is 1. The maximum Gasteiger partial charge on any atom is 0.410 e. The van der Waals surface area contributed by atoms with E-state index in [0.29, 0.717) is 31.5 Å². The molecule has 0 unspecified atom stereocenters. The molecule has 0 aliphatic heterocycles. The average Bonchev–Trinajstić information content (AvgIpc) is 3.00. The SMILES string of the molecule is CCNC(=NCc1nc(C(C)C)cs1)NCCN(C)C(=O)OC(C)(C)C.I. The third-order valence-corrected chi connectivity index (χ3v) is 4.17. The molecule has 1 aromatic heterocycles. The molecule has 0 fully saturated rings. The summed E-state index contributed by atoms with van der Waals surface area (Å²) >= 11 is 1.63. The zero-order chi connectivity index (χ0) is 19.7. The minimum atomic E-state index is -0.488. The van der Waals surface area contributed by atoms with Crippen molar-refractivity contribution in [3.05, 3.63) is 16.1 Å². The Hall–Kier alpha value is -1.10. The number of ether oxygens (including phenoxy) is 1. The standard InChI is InChI=1S/C18H33N5O2S.HI/c1-8-19-16(21-11-15-22-14(12-26-15)13(2)3)20-9-10-23(7)17(24)25-18(4,5)6;/h12-13H,8-11H2,1-7H3,(H2,19,20,21);1H. The van der Waals surface area contributed by atoms with Gasteiger partial charge in [0.1, 0.15) is 10.6 Å². The Morgan fingerprint density at radius 3 is 2.56 bits per heavy atom. The molecule has 1 rings (SSSR count). The van der Waals surface area contributed by atoms with E-state index in [1.165, 1.54) is 0 Å². The number of nitrogens with one attached hydrogen (secondary N) is 2. The highest BCUT2D eigenvalue weighted by atomic mass is 127. The van der Waals surface area contributed by atoms with Crippen LogP contribution in [0.1, 0.15) is 58.2 Å². The summed E-state index contributed by atoms with van der Waals surface area (Å²) in [4.78, 5) is 22.7. The maximum atomic E-state index is 12.0. The van der Waals surface area contributed by atoms with Crippen LogP contribution in [0.15, 0.2) is 10.4 Å². The van der Waals surface area contributed by atoms with Gasteiger partial charge in [-0.05, 0) is 33.6 Å². The molecule has 0 aliphatic rings. The zero-order valence-corrected chi connectivity index (χ0v) is 20.6. The summed E-state index contributed by atoms with van der Waals surface area (Å²) in [6.45, 7) is 14.3. The van der Waals surface area contributed by atoms with Crippen molar-refractivity contribution in [2.75, 3.05) is 26.7 Å². The Bertz CT molecular complexity index is 599. The molecular formula is C18H34IN5O2S. The van der Waals surface area contributed by atoms with Crippen molar-refractivity contribution in [1.82, 2.24) is 20.5 Å². The first-order valence-electron chi connectivity index (χ1n) is 9.03. The van der Waals surface area contributed by atoms with Crippen molar-refractivity contribution in [3.8, 4) is 0 Å². The topological polar surface area (TPSA) is 78.9 Å². The van der Waals surface area contributed by atoms with Gasteiger partial charge in [-0.3, -0.25) is 0 Å². The van der Waals surface area contributed by atoms with Crippen LogP contribution in [0.2, 0.25) is 0 Å². The molecule has 0 atom stereocenters. The Balaban J connectivity index is 0.00000676. The van der Waals surface area contributed by atoms with Crippen LogP contribution in [0.3, 0.4) is 0 Å². The quantitative estimate of drug-likeness (QED) is 0.331. The highest BCUT2D eigenvalue weighted by Gasteiger charge is 2.19. The molecule has 0 aromatic carbocycles. The molecule has 9 heteroatoms. The first-order chi connectivity index (χ1) is 12.1. The van der Waals surface area contributed by atoms with Crippen molar-refractivity contribution in [2.45, 2.75) is 59.6 Å².